The number of hydrogen-bond acceptors (Lipinski definition) is 5. The Labute approximate surface area is 87.0 Å². The van der Waals surface area contributed by atoms with Crippen LogP contribution in [-0.4, -0.2) is 39.6 Å². The highest BCUT2D eigenvalue weighted by Crippen LogP contribution is 2.09. The quantitative estimate of drug-likeness (QED) is 0.583. The van der Waals surface area contributed by atoms with Gasteiger partial charge in [0.1, 0.15) is 0 Å². The van der Waals surface area contributed by atoms with Crippen LogP contribution in [0.2, 0.25) is 0 Å². The van der Waals surface area contributed by atoms with Crippen LogP contribution in [0.1, 0.15) is 18.7 Å². The molecule has 1 aliphatic heterocycles. The van der Waals surface area contributed by atoms with Gasteiger partial charge in [0.25, 0.3) is 0 Å². The third-order valence-corrected chi connectivity index (χ3v) is 2.48. The first-order valence-electron chi connectivity index (χ1n) is 5.07. The second kappa shape index (κ2) is 4.83. The lowest BCUT2D eigenvalue weighted by Crippen LogP contribution is -2.40. The lowest BCUT2D eigenvalue weighted by molar-refractivity contribution is -0.125. The number of hydrogen-bond donors (Lipinski definition) is 3. The average molecular weight is 210 g/mol. The number of aromatic nitrogens is 4. The molecule has 1 saturated heterocycles. The summed E-state index contributed by atoms with van der Waals surface area (Å²) in [7, 11) is 0. The second-order valence-electron chi connectivity index (χ2n) is 3.59. The van der Waals surface area contributed by atoms with E-state index in [1.807, 2.05) is 0 Å². The minimum absolute atomic E-state index is 0.0620. The molecule has 0 aliphatic carbocycles. The lowest BCUT2D eigenvalue weighted by atomic mass is 9.99. The maximum absolute atomic E-state index is 11.7. The van der Waals surface area contributed by atoms with E-state index in [2.05, 4.69) is 31.3 Å². The Hall–Kier alpha value is -1.50. The number of piperidine rings is 1. The summed E-state index contributed by atoms with van der Waals surface area (Å²) < 4.78 is 0. The molecule has 1 aromatic rings. The van der Waals surface area contributed by atoms with Crippen molar-refractivity contribution in [3.63, 3.8) is 0 Å². The lowest BCUT2D eigenvalue weighted by Gasteiger charge is -2.21. The predicted molar refractivity (Wildman–Crippen MR) is 51.6 cm³/mol. The number of aromatic amines is 1. The maximum Gasteiger partial charge on any atom is 0.224 e. The van der Waals surface area contributed by atoms with Gasteiger partial charge in [-0.25, -0.2) is 0 Å². The third kappa shape index (κ3) is 2.72. The fourth-order valence-corrected chi connectivity index (χ4v) is 1.64. The van der Waals surface area contributed by atoms with Gasteiger partial charge >= 0.3 is 0 Å². The molecule has 3 N–H and O–H groups in total. The van der Waals surface area contributed by atoms with Crippen LogP contribution in [0.3, 0.4) is 0 Å². The molecule has 7 nitrogen and oxygen atoms in total. The molecule has 0 bridgehead atoms. The first-order chi connectivity index (χ1) is 7.36. The maximum atomic E-state index is 11.7. The van der Waals surface area contributed by atoms with Crippen LogP contribution in [0.25, 0.3) is 0 Å². The molecule has 0 saturated carbocycles. The number of nitrogens with zero attached hydrogens (tertiary/aromatic N) is 3. The molecule has 1 fully saturated rings. The second-order valence-corrected chi connectivity index (χ2v) is 3.59. The molecule has 1 aliphatic rings. The molecule has 2 heterocycles. The van der Waals surface area contributed by atoms with Crippen molar-refractivity contribution < 1.29 is 4.79 Å². The summed E-state index contributed by atoms with van der Waals surface area (Å²) in [6.07, 6.45) is 2.01. The van der Waals surface area contributed by atoms with Crippen molar-refractivity contribution in [2.45, 2.75) is 19.4 Å². The van der Waals surface area contributed by atoms with E-state index in [0.717, 1.165) is 25.9 Å². The van der Waals surface area contributed by atoms with E-state index in [1.165, 1.54) is 0 Å². The zero-order chi connectivity index (χ0) is 10.5. The molecule has 7 heteroatoms. The van der Waals surface area contributed by atoms with Crippen molar-refractivity contribution in [3.8, 4) is 0 Å². The van der Waals surface area contributed by atoms with Crippen molar-refractivity contribution in [2.24, 2.45) is 5.92 Å². The normalized spacial score (nSPS) is 21.2. The summed E-state index contributed by atoms with van der Waals surface area (Å²) in [5.41, 5.74) is 0. The summed E-state index contributed by atoms with van der Waals surface area (Å²) in [4.78, 5) is 11.7. The summed E-state index contributed by atoms with van der Waals surface area (Å²) in [5.74, 6) is 0.643. The van der Waals surface area contributed by atoms with Gasteiger partial charge in [-0.3, -0.25) is 4.79 Å². The molecule has 0 spiro atoms. The van der Waals surface area contributed by atoms with Gasteiger partial charge in [-0.2, -0.15) is 5.21 Å². The van der Waals surface area contributed by atoms with Crippen molar-refractivity contribution in [1.29, 1.82) is 0 Å². The Morgan fingerprint density at radius 1 is 1.60 bits per heavy atom. The van der Waals surface area contributed by atoms with Crippen molar-refractivity contribution in [1.82, 2.24) is 31.3 Å². The first kappa shape index (κ1) is 10.0. The van der Waals surface area contributed by atoms with E-state index >= 15 is 0 Å². The predicted octanol–water partition coefficient (Wildman–Crippen LogP) is -1.18. The van der Waals surface area contributed by atoms with Gasteiger partial charge < -0.3 is 10.6 Å². The molecule has 0 radical (unpaired) electrons. The van der Waals surface area contributed by atoms with Crippen molar-refractivity contribution in [2.75, 3.05) is 13.1 Å². The molecule has 1 aromatic heterocycles. The van der Waals surface area contributed by atoms with Crippen molar-refractivity contribution >= 4 is 5.91 Å². The molecule has 0 unspecified atom stereocenters. The number of tetrazole rings is 1. The Morgan fingerprint density at radius 3 is 3.20 bits per heavy atom. The zero-order valence-corrected chi connectivity index (χ0v) is 8.36. The number of H-pyrrole nitrogens is 1. The minimum atomic E-state index is 0.0620. The van der Waals surface area contributed by atoms with Gasteiger partial charge in [-0.15, -0.1) is 10.2 Å². The SMILES string of the molecule is O=C(NCc1nn[nH]n1)[C@H]1CCCNC1. The Balaban J connectivity index is 1.76. The standard InChI is InChI=1S/C8H14N6O/c15-8(6-2-1-3-9-4-6)10-5-7-11-13-14-12-7/h6,9H,1-5H2,(H,10,15)(H,11,12,13,14)/t6-/m0/s1. The highest BCUT2D eigenvalue weighted by molar-refractivity contribution is 5.78. The Morgan fingerprint density at radius 2 is 2.53 bits per heavy atom. The third-order valence-electron chi connectivity index (χ3n) is 2.48. The minimum Gasteiger partial charge on any atom is -0.348 e. The monoisotopic (exact) mass is 210 g/mol. The molecule has 82 valence electrons. The van der Waals surface area contributed by atoms with Crippen LogP contribution < -0.4 is 10.6 Å². The largest absolute Gasteiger partial charge is 0.348 e. The summed E-state index contributed by atoms with van der Waals surface area (Å²) in [6.45, 7) is 2.11. The molecule has 0 aromatic carbocycles. The topological polar surface area (TPSA) is 95.6 Å². The van der Waals surface area contributed by atoms with Gasteiger partial charge in [0.15, 0.2) is 5.82 Å². The number of amides is 1. The fourth-order valence-electron chi connectivity index (χ4n) is 1.64. The van der Waals surface area contributed by atoms with Gasteiger partial charge in [-0.05, 0) is 19.4 Å². The average Bonchev–Trinajstić information content (AvgIpc) is 2.80. The van der Waals surface area contributed by atoms with Crippen LogP contribution in [-0.2, 0) is 11.3 Å². The van der Waals surface area contributed by atoms with Crippen LogP contribution >= 0.6 is 0 Å². The van der Waals surface area contributed by atoms with E-state index in [9.17, 15) is 4.79 Å². The summed E-state index contributed by atoms with van der Waals surface area (Å²) >= 11 is 0. The Kier molecular flexibility index (Phi) is 3.23. The summed E-state index contributed by atoms with van der Waals surface area (Å²) in [6, 6.07) is 0. The molecular weight excluding hydrogens is 196 g/mol. The fraction of sp³-hybridized carbons (Fsp3) is 0.750. The van der Waals surface area contributed by atoms with E-state index in [1.54, 1.807) is 0 Å². The smallest absolute Gasteiger partial charge is 0.224 e. The highest BCUT2D eigenvalue weighted by atomic mass is 16.1. The number of nitrogens with one attached hydrogen (secondary N) is 3. The van der Waals surface area contributed by atoms with E-state index < -0.39 is 0 Å². The molecule has 1 atom stereocenters. The van der Waals surface area contributed by atoms with Gasteiger partial charge in [0, 0.05) is 6.54 Å². The first-order valence-corrected chi connectivity index (χ1v) is 5.07. The van der Waals surface area contributed by atoms with Crippen LogP contribution in [0.4, 0.5) is 0 Å². The zero-order valence-electron chi connectivity index (χ0n) is 8.36. The molecular formula is C8H14N6O. The molecule has 2 rings (SSSR count). The van der Waals surface area contributed by atoms with Gasteiger partial charge in [-0.1, -0.05) is 5.21 Å². The molecule has 15 heavy (non-hydrogen) atoms. The number of carbonyl (C=O) groups is 1. The Bertz CT molecular complexity index is 305. The van der Waals surface area contributed by atoms with Crippen LogP contribution in [0, 0.1) is 5.92 Å². The number of carbonyl (C=O) groups excluding carboxylic acids is 1. The van der Waals surface area contributed by atoms with Gasteiger partial charge in [0.05, 0.1) is 12.5 Å². The summed E-state index contributed by atoms with van der Waals surface area (Å²) in [5, 5.41) is 19.3. The van der Waals surface area contributed by atoms with Crippen molar-refractivity contribution in [3.05, 3.63) is 5.82 Å². The highest BCUT2D eigenvalue weighted by Gasteiger charge is 2.20. The van der Waals surface area contributed by atoms with E-state index in [0.29, 0.717) is 12.4 Å². The van der Waals surface area contributed by atoms with Gasteiger partial charge in [0.2, 0.25) is 5.91 Å². The van der Waals surface area contributed by atoms with Crippen LogP contribution in [0.5, 0.6) is 0 Å². The van der Waals surface area contributed by atoms with Crippen LogP contribution in [0.15, 0.2) is 0 Å². The number of rotatable bonds is 3. The van der Waals surface area contributed by atoms with E-state index in [4.69, 9.17) is 0 Å². The van der Waals surface area contributed by atoms with E-state index in [-0.39, 0.29) is 11.8 Å². The molecule has 1 amide bonds.